The second kappa shape index (κ2) is 7.08. The second-order valence-corrected chi connectivity index (χ2v) is 5.70. The largest absolute Gasteiger partial charge is 0.478 e. The molecule has 5 heteroatoms. The first-order valence-corrected chi connectivity index (χ1v) is 7.76. The summed E-state index contributed by atoms with van der Waals surface area (Å²) in [4.78, 5) is 10.9. The third-order valence-electron chi connectivity index (χ3n) is 3.61. The highest BCUT2D eigenvalue weighted by Gasteiger charge is 2.08. The SMILES string of the molecule is N#C/C(=C/c1ccc(-c2ccc(C(=O)O)cc2)o1)c1ccc(Cl)cc1. The highest BCUT2D eigenvalue weighted by Crippen LogP contribution is 2.26. The van der Waals surface area contributed by atoms with Crippen molar-refractivity contribution in [3.8, 4) is 17.4 Å². The molecule has 0 aliphatic carbocycles. The molecule has 1 aromatic heterocycles. The lowest BCUT2D eigenvalue weighted by Crippen LogP contribution is -1.94. The van der Waals surface area contributed by atoms with Gasteiger partial charge < -0.3 is 9.52 Å². The first-order chi connectivity index (χ1) is 12.1. The quantitative estimate of drug-likeness (QED) is 0.643. The van der Waals surface area contributed by atoms with Crippen LogP contribution < -0.4 is 0 Å². The summed E-state index contributed by atoms with van der Waals surface area (Å²) < 4.78 is 5.75. The number of rotatable bonds is 4. The van der Waals surface area contributed by atoms with E-state index in [1.165, 1.54) is 12.1 Å². The predicted octanol–water partition coefficient (Wildman–Crippen LogP) is 5.36. The van der Waals surface area contributed by atoms with Crippen LogP contribution in [0, 0.1) is 11.3 Å². The van der Waals surface area contributed by atoms with Crippen LogP contribution in [0.25, 0.3) is 23.0 Å². The highest BCUT2D eigenvalue weighted by molar-refractivity contribution is 6.30. The zero-order chi connectivity index (χ0) is 17.8. The van der Waals surface area contributed by atoms with Gasteiger partial charge in [0.05, 0.1) is 17.2 Å². The Hall–Kier alpha value is -3.29. The Morgan fingerprint density at radius 3 is 2.24 bits per heavy atom. The number of hydrogen-bond donors (Lipinski definition) is 1. The highest BCUT2D eigenvalue weighted by atomic mass is 35.5. The Morgan fingerprint density at radius 2 is 1.64 bits per heavy atom. The summed E-state index contributed by atoms with van der Waals surface area (Å²) in [6.07, 6.45) is 1.65. The molecule has 0 amide bonds. The molecule has 0 bridgehead atoms. The monoisotopic (exact) mass is 349 g/mol. The van der Waals surface area contributed by atoms with E-state index >= 15 is 0 Å². The van der Waals surface area contributed by atoms with Crippen LogP contribution in [-0.2, 0) is 0 Å². The van der Waals surface area contributed by atoms with Gasteiger partial charge in [0.1, 0.15) is 11.5 Å². The van der Waals surface area contributed by atoms with Crippen molar-refractivity contribution < 1.29 is 14.3 Å². The zero-order valence-corrected chi connectivity index (χ0v) is 13.7. The van der Waals surface area contributed by atoms with E-state index in [1.54, 1.807) is 54.6 Å². The van der Waals surface area contributed by atoms with E-state index in [0.29, 0.717) is 22.1 Å². The van der Waals surface area contributed by atoms with Gasteiger partial charge in [0.15, 0.2) is 0 Å². The molecule has 2 aromatic carbocycles. The molecule has 0 saturated heterocycles. The first-order valence-electron chi connectivity index (χ1n) is 7.38. The number of nitriles is 1. The Bertz CT molecular complexity index is 977. The zero-order valence-electron chi connectivity index (χ0n) is 12.9. The number of halogens is 1. The topological polar surface area (TPSA) is 74.2 Å². The number of carboxylic acid groups (broad SMARTS) is 1. The van der Waals surface area contributed by atoms with Crippen molar-refractivity contribution in [2.75, 3.05) is 0 Å². The minimum atomic E-state index is -0.976. The van der Waals surface area contributed by atoms with Gasteiger partial charge in [-0.1, -0.05) is 35.9 Å². The fourth-order valence-corrected chi connectivity index (χ4v) is 2.44. The lowest BCUT2D eigenvalue weighted by atomic mass is 10.1. The lowest BCUT2D eigenvalue weighted by molar-refractivity contribution is 0.0697. The van der Waals surface area contributed by atoms with E-state index in [4.69, 9.17) is 21.1 Å². The van der Waals surface area contributed by atoms with Crippen molar-refractivity contribution in [1.82, 2.24) is 0 Å². The molecule has 0 atom stereocenters. The molecule has 0 radical (unpaired) electrons. The fraction of sp³-hybridized carbons (Fsp3) is 0. The second-order valence-electron chi connectivity index (χ2n) is 5.26. The average molecular weight is 350 g/mol. The van der Waals surface area contributed by atoms with Crippen molar-refractivity contribution in [3.63, 3.8) is 0 Å². The molecule has 0 aliphatic heterocycles. The smallest absolute Gasteiger partial charge is 0.335 e. The summed E-state index contributed by atoms with van der Waals surface area (Å²) in [7, 11) is 0. The lowest BCUT2D eigenvalue weighted by Gasteiger charge is -1.99. The maximum atomic E-state index is 10.9. The molecule has 3 rings (SSSR count). The minimum Gasteiger partial charge on any atom is -0.478 e. The summed E-state index contributed by atoms with van der Waals surface area (Å²) in [5.74, 6) is 0.150. The van der Waals surface area contributed by atoms with Gasteiger partial charge in [0, 0.05) is 10.6 Å². The number of hydrogen-bond acceptors (Lipinski definition) is 3. The maximum Gasteiger partial charge on any atom is 0.335 e. The molecule has 25 heavy (non-hydrogen) atoms. The van der Waals surface area contributed by atoms with Crippen LogP contribution in [0.15, 0.2) is 65.1 Å². The first kappa shape index (κ1) is 16.6. The van der Waals surface area contributed by atoms with Crippen molar-refractivity contribution in [2.45, 2.75) is 0 Å². The van der Waals surface area contributed by atoms with Crippen LogP contribution in [0.1, 0.15) is 21.7 Å². The summed E-state index contributed by atoms with van der Waals surface area (Å²) in [6, 6.07) is 19.1. The van der Waals surface area contributed by atoms with Gasteiger partial charge >= 0.3 is 5.97 Å². The number of nitrogens with zero attached hydrogens (tertiary/aromatic N) is 1. The number of carbonyl (C=O) groups is 1. The molecule has 0 fully saturated rings. The molecule has 0 saturated carbocycles. The molecule has 0 unspecified atom stereocenters. The molecule has 0 aliphatic rings. The molecule has 1 N–H and O–H groups in total. The van der Waals surface area contributed by atoms with E-state index in [-0.39, 0.29) is 5.56 Å². The minimum absolute atomic E-state index is 0.213. The number of aromatic carboxylic acids is 1. The average Bonchev–Trinajstić information content (AvgIpc) is 3.09. The van der Waals surface area contributed by atoms with Crippen molar-refractivity contribution in [1.29, 1.82) is 5.26 Å². The number of benzene rings is 2. The van der Waals surface area contributed by atoms with Gasteiger partial charge in [0.2, 0.25) is 0 Å². The fourth-order valence-electron chi connectivity index (χ4n) is 2.31. The summed E-state index contributed by atoms with van der Waals surface area (Å²) in [5, 5.41) is 18.9. The number of allylic oxidation sites excluding steroid dienone is 1. The summed E-state index contributed by atoms with van der Waals surface area (Å²) >= 11 is 5.86. The maximum absolute atomic E-state index is 10.9. The summed E-state index contributed by atoms with van der Waals surface area (Å²) in [5.41, 5.74) is 2.18. The van der Waals surface area contributed by atoms with Crippen molar-refractivity contribution in [3.05, 3.63) is 82.6 Å². The number of furan rings is 1. The van der Waals surface area contributed by atoms with Crippen LogP contribution in [0.4, 0.5) is 0 Å². The molecule has 1 heterocycles. The molecule has 3 aromatic rings. The van der Waals surface area contributed by atoms with Crippen molar-refractivity contribution in [2.24, 2.45) is 0 Å². The molecule has 0 spiro atoms. The van der Waals surface area contributed by atoms with E-state index < -0.39 is 5.97 Å². The van der Waals surface area contributed by atoms with Gasteiger partial charge in [-0.05, 0) is 48.0 Å². The van der Waals surface area contributed by atoms with E-state index in [9.17, 15) is 10.1 Å². The molecule has 4 nitrogen and oxygen atoms in total. The van der Waals surface area contributed by atoms with Gasteiger partial charge in [-0.15, -0.1) is 0 Å². The third-order valence-corrected chi connectivity index (χ3v) is 3.86. The van der Waals surface area contributed by atoms with Crippen LogP contribution in [-0.4, -0.2) is 11.1 Å². The van der Waals surface area contributed by atoms with Crippen LogP contribution in [0.2, 0.25) is 5.02 Å². The number of carboxylic acids is 1. The van der Waals surface area contributed by atoms with Crippen LogP contribution in [0.3, 0.4) is 0 Å². The Labute approximate surface area is 149 Å². The van der Waals surface area contributed by atoms with Crippen LogP contribution >= 0.6 is 11.6 Å². The predicted molar refractivity (Wildman–Crippen MR) is 96.0 cm³/mol. The van der Waals surface area contributed by atoms with E-state index in [1.807, 2.05) is 0 Å². The third kappa shape index (κ3) is 3.79. The molecule has 122 valence electrons. The van der Waals surface area contributed by atoms with Gasteiger partial charge in [0.25, 0.3) is 0 Å². The molecular weight excluding hydrogens is 338 g/mol. The van der Waals surface area contributed by atoms with Crippen molar-refractivity contribution >= 4 is 29.2 Å². The van der Waals surface area contributed by atoms with Gasteiger partial charge in [-0.3, -0.25) is 0 Å². The Balaban J connectivity index is 1.88. The van der Waals surface area contributed by atoms with Gasteiger partial charge in [-0.25, -0.2) is 4.79 Å². The van der Waals surface area contributed by atoms with Crippen LogP contribution in [0.5, 0.6) is 0 Å². The Morgan fingerprint density at radius 1 is 1.00 bits per heavy atom. The standard InChI is InChI=1S/C20H12ClNO3/c21-17-7-5-13(6-8-17)16(12-22)11-18-9-10-19(25-18)14-1-3-15(4-2-14)20(23)24/h1-11H,(H,23,24)/b16-11-. The summed E-state index contributed by atoms with van der Waals surface area (Å²) in [6.45, 7) is 0. The van der Waals surface area contributed by atoms with E-state index in [2.05, 4.69) is 6.07 Å². The normalized spacial score (nSPS) is 11.1. The van der Waals surface area contributed by atoms with E-state index in [0.717, 1.165) is 11.1 Å². The Kier molecular flexibility index (Phi) is 4.69. The molecular formula is C20H12ClNO3. The van der Waals surface area contributed by atoms with Gasteiger partial charge in [-0.2, -0.15) is 5.26 Å².